The van der Waals surface area contributed by atoms with Crippen LogP contribution < -0.4 is 15.5 Å². The SMILES string of the molecule is CC(=O)Nc1ccc(C(=O)CN2C(=O)C(C)(C)Nc3ccccc32)cc1. The van der Waals surface area contributed by atoms with Crippen LogP contribution in [-0.4, -0.2) is 29.7 Å². The van der Waals surface area contributed by atoms with Gasteiger partial charge in [-0.15, -0.1) is 0 Å². The summed E-state index contributed by atoms with van der Waals surface area (Å²) in [6.07, 6.45) is 0. The van der Waals surface area contributed by atoms with Crippen LogP contribution in [0.3, 0.4) is 0 Å². The lowest BCUT2D eigenvalue weighted by atomic mass is 9.97. The van der Waals surface area contributed by atoms with E-state index in [-0.39, 0.29) is 24.1 Å². The van der Waals surface area contributed by atoms with Gasteiger partial charge in [-0.1, -0.05) is 12.1 Å². The molecule has 0 aromatic heterocycles. The molecule has 0 spiro atoms. The normalized spacial score (nSPS) is 15.0. The molecule has 3 rings (SSSR count). The third-order valence-electron chi connectivity index (χ3n) is 4.25. The van der Waals surface area contributed by atoms with Gasteiger partial charge in [0, 0.05) is 18.2 Å². The molecular weight excluding hydrogens is 330 g/mol. The largest absolute Gasteiger partial charge is 0.370 e. The van der Waals surface area contributed by atoms with Crippen molar-refractivity contribution in [1.29, 1.82) is 0 Å². The summed E-state index contributed by atoms with van der Waals surface area (Å²) in [7, 11) is 0. The Kier molecular flexibility index (Phi) is 4.50. The molecule has 6 nitrogen and oxygen atoms in total. The first-order valence-corrected chi connectivity index (χ1v) is 8.38. The van der Waals surface area contributed by atoms with E-state index in [9.17, 15) is 14.4 Å². The first-order valence-electron chi connectivity index (χ1n) is 8.38. The van der Waals surface area contributed by atoms with Crippen LogP contribution in [-0.2, 0) is 9.59 Å². The second-order valence-electron chi connectivity index (χ2n) is 6.84. The van der Waals surface area contributed by atoms with E-state index in [1.54, 1.807) is 38.1 Å². The molecule has 0 fully saturated rings. The number of anilines is 3. The van der Waals surface area contributed by atoms with Crippen molar-refractivity contribution in [3.63, 3.8) is 0 Å². The van der Waals surface area contributed by atoms with Gasteiger partial charge in [0.1, 0.15) is 5.54 Å². The van der Waals surface area contributed by atoms with Crippen molar-refractivity contribution < 1.29 is 14.4 Å². The molecule has 0 unspecified atom stereocenters. The molecule has 2 N–H and O–H groups in total. The Bertz CT molecular complexity index is 872. The number of benzene rings is 2. The first kappa shape index (κ1) is 17.7. The summed E-state index contributed by atoms with van der Waals surface area (Å²) in [4.78, 5) is 38.1. The average molecular weight is 351 g/mol. The van der Waals surface area contributed by atoms with Crippen LogP contribution in [0, 0.1) is 0 Å². The van der Waals surface area contributed by atoms with Gasteiger partial charge in [0.05, 0.1) is 17.9 Å². The average Bonchev–Trinajstić information content (AvgIpc) is 2.58. The minimum absolute atomic E-state index is 0.0412. The van der Waals surface area contributed by atoms with Gasteiger partial charge < -0.3 is 15.5 Å². The third-order valence-corrected chi connectivity index (χ3v) is 4.25. The summed E-state index contributed by atoms with van der Waals surface area (Å²) >= 11 is 0. The number of hydrogen-bond acceptors (Lipinski definition) is 4. The zero-order valence-corrected chi connectivity index (χ0v) is 15.0. The van der Waals surface area contributed by atoms with Crippen LogP contribution >= 0.6 is 0 Å². The zero-order chi connectivity index (χ0) is 18.9. The molecule has 0 saturated heterocycles. The smallest absolute Gasteiger partial charge is 0.252 e. The van der Waals surface area contributed by atoms with Crippen molar-refractivity contribution in [3.8, 4) is 0 Å². The molecule has 6 heteroatoms. The first-order chi connectivity index (χ1) is 12.3. The Morgan fingerprint density at radius 1 is 1.08 bits per heavy atom. The number of rotatable bonds is 4. The number of carbonyl (C=O) groups excluding carboxylic acids is 3. The number of ketones is 1. The van der Waals surface area contributed by atoms with Crippen molar-refractivity contribution >= 4 is 34.7 Å². The van der Waals surface area contributed by atoms with Gasteiger partial charge in [-0.25, -0.2) is 0 Å². The third kappa shape index (κ3) is 3.44. The molecule has 1 aliphatic heterocycles. The monoisotopic (exact) mass is 351 g/mol. The van der Waals surface area contributed by atoms with Crippen LogP contribution in [0.5, 0.6) is 0 Å². The molecule has 0 bridgehead atoms. The maximum Gasteiger partial charge on any atom is 0.252 e. The lowest BCUT2D eigenvalue weighted by molar-refractivity contribution is -0.122. The standard InChI is InChI=1S/C20H21N3O3/c1-13(24)21-15-10-8-14(9-11-15)18(25)12-23-17-7-5-4-6-16(17)22-20(2,3)19(23)26/h4-11,22H,12H2,1-3H3,(H,21,24). The molecule has 0 aliphatic carbocycles. The number of amides is 2. The number of nitrogens with zero attached hydrogens (tertiary/aromatic N) is 1. The maximum atomic E-state index is 12.8. The van der Waals surface area contributed by atoms with Crippen molar-refractivity contribution in [3.05, 3.63) is 54.1 Å². The highest BCUT2D eigenvalue weighted by molar-refractivity contribution is 6.12. The molecule has 2 aromatic carbocycles. The number of hydrogen-bond donors (Lipinski definition) is 2. The van der Waals surface area contributed by atoms with Crippen LogP contribution in [0.4, 0.5) is 17.1 Å². The van der Waals surface area contributed by atoms with E-state index in [2.05, 4.69) is 10.6 Å². The van der Waals surface area contributed by atoms with Crippen molar-refractivity contribution in [2.45, 2.75) is 26.3 Å². The van der Waals surface area contributed by atoms with Crippen LogP contribution in [0.1, 0.15) is 31.1 Å². The number of nitrogens with one attached hydrogen (secondary N) is 2. The molecule has 2 amide bonds. The van der Waals surface area contributed by atoms with E-state index in [0.29, 0.717) is 16.9 Å². The predicted octanol–water partition coefficient (Wildman–Crippen LogP) is 3.07. The van der Waals surface area contributed by atoms with E-state index >= 15 is 0 Å². The van der Waals surface area contributed by atoms with Gasteiger partial charge in [0.2, 0.25) is 5.91 Å². The van der Waals surface area contributed by atoms with Crippen LogP contribution in [0.25, 0.3) is 0 Å². The Labute approximate surface area is 152 Å². The summed E-state index contributed by atoms with van der Waals surface area (Å²) in [5.74, 6) is -0.492. The molecular formula is C20H21N3O3. The lowest BCUT2D eigenvalue weighted by Crippen LogP contribution is -2.55. The minimum Gasteiger partial charge on any atom is -0.370 e. The maximum absolute atomic E-state index is 12.8. The zero-order valence-electron chi connectivity index (χ0n) is 15.0. The molecule has 0 atom stereocenters. The molecule has 26 heavy (non-hydrogen) atoms. The van der Waals surface area contributed by atoms with Gasteiger partial charge in [-0.05, 0) is 50.2 Å². The van der Waals surface area contributed by atoms with E-state index < -0.39 is 5.54 Å². The van der Waals surface area contributed by atoms with Crippen molar-refractivity contribution in [1.82, 2.24) is 0 Å². The van der Waals surface area contributed by atoms with Gasteiger partial charge in [-0.2, -0.15) is 0 Å². The van der Waals surface area contributed by atoms with E-state index in [0.717, 1.165) is 5.69 Å². The summed E-state index contributed by atoms with van der Waals surface area (Å²) in [5.41, 5.74) is 1.84. The highest BCUT2D eigenvalue weighted by atomic mass is 16.2. The summed E-state index contributed by atoms with van der Waals surface area (Å²) in [5, 5.41) is 5.87. The molecule has 1 heterocycles. The second kappa shape index (κ2) is 6.63. The van der Waals surface area contributed by atoms with Gasteiger partial charge in [0.15, 0.2) is 5.78 Å². The molecule has 0 saturated carbocycles. The molecule has 134 valence electrons. The Morgan fingerprint density at radius 3 is 2.38 bits per heavy atom. The fourth-order valence-electron chi connectivity index (χ4n) is 2.99. The molecule has 1 aliphatic rings. The number of carbonyl (C=O) groups is 3. The topological polar surface area (TPSA) is 78.5 Å². The molecule has 2 aromatic rings. The minimum atomic E-state index is -0.788. The predicted molar refractivity (Wildman–Crippen MR) is 102 cm³/mol. The number of Topliss-reactive ketones (excluding diaryl/α,β-unsaturated/α-hetero) is 1. The van der Waals surface area contributed by atoms with Crippen LogP contribution in [0.15, 0.2) is 48.5 Å². The fraction of sp³-hybridized carbons (Fsp3) is 0.250. The highest BCUT2D eigenvalue weighted by Gasteiger charge is 2.39. The Balaban J connectivity index is 1.84. The Morgan fingerprint density at radius 2 is 1.73 bits per heavy atom. The van der Waals surface area contributed by atoms with Gasteiger partial charge >= 0.3 is 0 Å². The number of para-hydroxylation sites is 2. The quantitative estimate of drug-likeness (QED) is 0.830. The van der Waals surface area contributed by atoms with Crippen molar-refractivity contribution in [2.75, 3.05) is 22.1 Å². The Hall–Kier alpha value is -3.15. The molecule has 0 radical (unpaired) electrons. The van der Waals surface area contributed by atoms with Crippen molar-refractivity contribution in [2.24, 2.45) is 0 Å². The summed E-state index contributed by atoms with van der Waals surface area (Å²) in [6, 6.07) is 14.1. The van der Waals surface area contributed by atoms with Gasteiger partial charge in [0.25, 0.3) is 5.91 Å². The van der Waals surface area contributed by atoms with E-state index in [1.807, 2.05) is 24.3 Å². The highest BCUT2D eigenvalue weighted by Crippen LogP contribution is 2.35. The second-order valence-corrected chi connectivity index (χ2v) is 6.84. The summed E-state index contributed by atoms with van der Waals surface area (Å²) in [6.45, 7) is 4.98. The van der Waals surface area contributed by atoms with Gasteiger partial charge in [-0.3, -0.25) is 14.4 Å². The number of fused-ring (bicyclic) bond motifs is 1. The van der Waals surface area contributed by atoms with Crippen LogP contribution in [0.2, 0.25) is 0 Å². The fourth-order valence-corrected chi connectivity index (χ4v) is 2.99. The van der Waals surface area contributed by atoms with E-state index in [1.165, 1.54) is 11.8 Å². The summed E-state index contributed by atoms with van der Waals surface area (Å²) < 4.78 is 0. The lowest BCUT2D eigenvalue weighted by Gasteiger charge is -2.39. The van der Waals surface area contributed by atoms with E-state index in [4.69, 9.17) is 0 Å².